The lowest BCUT2D eigenvalue weighted by Crippen LogP contribution is -2.21. The Morgan fingerprint density at radius 3 is 2.38 bits per heavy atom. The number of nitrogens with zero attached hydrogens (tertiary/aromatic N) is 3. The summed E-state index contributed by atoms with van der Waals surface area (Å²) in [5.74, 6) is 0.119. The predicted molar refractivity (Wildman–Crippen MR) is 119 cm³/mol. The third-order valence-corrected chi connectivity index (χ3v) is 4.78. The third kappa shape index (κ3) is 5.10. The first-order valence-electron chi connectivity index (χ1n) is 9.83. The van der Waals surface area contributed by atoms with Crippen LogP contribution in [0.4, 0.5) is 23.0 Å². The van der Waals surface area contributed by atoms with Gasteiger partial charge in [-0.05, 0) is 69.7 Å². The van der Waals surface area contributed by atoms with E-state index in [0.717, 1.165) is 35.6 Å². The second-order valence-electron chi connectivity index (χ2n) is 6.88. The molecular formula is C23H27N5O. The van der Waals surface area contributed by atoms with Crippen LogP contribution in [0.3, 0.4) is 0 Å². The molecule has 0 aliphatic heterocycles. The Morgan fingerprint density at radius 1 is 1.00 bits per heavy atom. The molecular weight excluding hydrogens is 362 g/mol. The molecule has 0 spiro atoms. The fraction of sp³-hybridized carbons (Fsp3) is 0.261. The Labute approximate surface area is 172 Å². The van der Waals surface area contributed by atoms with Gasteiger partial charge in [-0.15, -0.1) is 0 Å². The van der Waals surface area contributed by atoms with Crippen molar-refractivity contribution in [1.29, 1.82) is 0 Å². The first-order chi connectivity index (χ1) is 14.0. The second kappa shape index (κ2) is 9.19. The van der Waals surface area contributed by atoms with Crippen LogP contribution in [0.5, 0.6) is 0 Å². The van der Waals surface area contributed by atoms with Crippen LogP contribution in [0.1, 0.15) is 35.5 Å². The van der Waals surface area contributed by atoms with Crippen molar-refractivity contribution in [2.24, 2.45) is 0 Å². The van der Waals surface area contributed by atoms with Gasteiger partial charge in [-0.1, -0.05) is 17.7 Å². The van der Waals surface area contributed by atoms with Gasteiger partial charge in [0, 0.05) is 36.3 Å². The summed E-state index contributed by atoms with van der Waals surface area (Å²) in [6.07, 6.45) is 1.58. The fourth-order valence-electron chi connectivity index (χ4n) is 3.07. The topological polar surface area (TPSA) is 70.2 Å². The highest BCUT2D eigenvalue weighted by molar-refractivity contribution is 6.03. The molecule has 1 heterocycles. The highest BCUT2D eigenvalue weighted by Crippen LogP contribution is 2.24. The van der Waals surface area contributed by atoms with Crippen molar-refractivity contribution >= 4 is 28.9 Å². The van der Waals surface area contributed by atoms with Crippen molar-refractivity contribution < 1.29 is 4.79 Å². The number of anilines is 4. The number of hydrogen-bond donors (Lipinski definition) is 2. The van der Waals surface area contributed by atoms with E-state index in [1.165, 1.54) is 5.69 Å². The minimum absolute atomic E-state index is 0.270. The molecule has 3 rings (SSSR count). The van der Waals surface area contributed by atoms with Crippen LogP contribution in [-0.2, 0) is 0 Å². The number of hydrogen-bond acceptors (Lipinski definition) is 5. The van der Waals surface area contributed by atoms with E-state index in [0.29, 0.717) is 11.6 Å². The molecule has 0 bridgehead atoms. The monoisotopic (exact) mass is 389 g/mol. The van der Waals surface area contributed by atoms with Crippen molar-refractivity contribution in [1.82, 2.24) is 9.97 Å². The number of aryl methyl sites for hydroxylation is 2. The molecule has 1 aromatic heterocycles. The van der Waals surface area contributed by atoms with E-state index in [1.54, 1.807) is 12.3 Å². The lowest BCUT2D eigenvalue weighted by atomic mass is 10.1. The molecule has 29 heavy (non-hydrogen) atoms. The van der Waals surface area contributed by atoms with E-state index < -0.39 is 0 Å². The first-order valence-corrected chi connectivity index (χ1v) is 9.83. The molecule has 0 saturated carbocycles. The fourth-order valence-corrected chi connectivity index (χ4v) is 3.07. The van der Waals surface area contributed by atoms with Crippen LogP contribution in [0, 0.1) is 13.8 Å². The van der Waals surface area contributed by atoms with Crippen molar-refractivity contribution in [2.75, 3.05) is 28.6 Å². The molecule has 0 aliphatic carbocycles. The van der Waals surface area contributed by atoms with Crippen LogP contribution < -0.4 is 15.5 Å². The number of carbonyl (C=O) groups is 1. The number of amides is 1. The second-order valence-corrected chi connectivity index (χ2v) is 6.88. The quantitative estimate of drug-likeness (QED) is 0.599. The molecule has 0 saturated heterocycles. The van der Waals surface area contributed by atoms with Crippen LogP contribution in [0.15, 0.2) is 54.7 Å². The Bertz CT molecular complexity index is 981. The maximum Gasteiger partial charge on any atom is 0.274 e. The number of rotatable bonds is 7. The summed E-state index contributed by atoms with van der Waals surface area (Å²) < 4.78 is 0. The third-order valence-electron chi connectivity index (χ3n) is 4.78. The average Bonchev–Trinajstić information content (AvgIpc) is 2.73. The summed E-state index contributed by atoms with van der Waals surface area (Å²) in [7, 11) is 0. The van der Waals surface area contributed by atoms with Gasteiger partial charge in [0.1, 0.15) is 5.69 Å². The van der Waals surface area contributed by atoms with E-state index in [2.05, 4.69) is 51.5 Å². The zero-order valence-corrected chi connectivity index (χ0v) is 17.4. The molecule has 0 atom stereocenters. The Balaban J connectivity index is 1.74. The molecule has 3 aromatic rings. The van der Waals surface area contributed by atoms with E-state index in [1.807, 2.05) is 44.2 Å². The maximum atomic E-state index is 12.5. The highest BCUT2D eigenvalue weighted by atomic mass is 16.1. The van der Waals surface area contributed by atoms with Gasteiger partial charge in [0.05, 0.1) is 0 Å². The van der Waals surface area contributed by atoms with E-state index in [9.17, 15) is 4.79 Å². The van der Waals surface area contributed by atoms with E-state index >= 15 is 0 Å². The largest absolute Gasteiger partial charge is 0.372 e. The lowest BCUT2D eigenvalue weighted by Gasteiger charge is -2.22. The number of carbonyl (C=O) groups excluding carboxylic acids is 1. The van der Waals surface area contributed by atoms with Crippen molar-refractivity contribution in [2.45, 2.75) is 27.7 Å². The van der Waals surface area contributed by atoms with Gasteiger partial charge in [0.25, 0.3) is 5.91 Å². The Kier molecular flexibility index (Phi) is 6.44. The van der Waals surface area contributed by atoms with Crippen molar-refractivity contribution in [3.8, 4) is 0 Å². The summed E-state index contributed by atoms with van der Waals surface area (Å²) in [5.41, 5.74) is 5.37. The SMILES string of the molecule is CCN(CC)c1ccc(Nc2nccc(C(=O)Nc3ccc(C)cc3)n2)c(C)c1. The minimum Gasteiger partial charge on any atom is -0.372 e. The van der Waals surface area contributed by atoms with Gasteiger partial charge in [-0.25, -0.2) is 9.97 Å². The van der Waals surface area contributed by atoms with E-state index in [-0.39, 0.29) is 5.91 Å². The molecule has 2 aromatic carbocycles. The Hall–Kier alpha value is -3.41. The van der Waals surface area contributed by atoms with Crippen LogP contribution in [0.25, 0.3) is 0 Å². The number of nitrogens with one attached hydrogen (secondary N) is 2. The van der Waals surface area contributed by atoms with Crippen LogP contribution in [-0.4, -0.2) is 29.0 Å². The maximum absolute atomic E-state index is 12.5. The first kappa shape index (κ1) is 20.3. The van der Waals surface area contributed by atoms with Gasteiger partial charge in [-0.2, -0.15) is 0 Å². The number of benzene rings is 2. The smallest absolute Gasteiger partial charge is 0.274 e. The lowest BCUT2D eigenvalue weighted by molar-refractivity contribution is 0.102. The number of aromatic nitrogens is 2. The molecule has 150 valence electrons. The van der Waals surface area contributed by atoms with Crippen LogP contribution in [0.2, 0.25) is 0 Å². The summed E-state index contributed by atoms with van der Waals surface area (Å²) in [5, 5.41) is 6.08. The van der Waals surface area contributed by atoms with Crippen LogP contribution >= 0.6 is 0 Å². The zero-order valence-electron chi connectivity index (χ0n) is 17.4. The van der Waals surface area contributed by atoms with Gasteiger partial charge in [0.2, 0.25) is 5.95 Å². The van der Waals surface area contributed by atoms with E-state index in [4.69, 9.17) is 0 Å². The molecule has 6 nitrogen and oxygen atoms in total. The summed E-state index contributed by atoms with van der Waals surface area (Å²) in [6.45, 7) is 10.3. The average molecular weight is 390 g/mol. The van der Waals surface area contributed by atoms with Crippen molar-refractivity contribution in [3.63, 3.8) is 0 Å². The molecule has 0 fully saturated rings. The molecule has 0 radical (unpaired) electrons. The molecule has 6 heteroatoms. The summed E-state index contributed by atoms with van der Waals surface area (Å²) >= 11 is 0. The van der Waals surface area contributed by atoms with Gasteiger partial charge < -0.3 is 15.5 Å². The minimum atomic E-state index is -0.270. The molecule has 2 N–H and O–H groups in total. The predicted octanol–water partition coefficient (Wildman–Crippen LogP) is 4.94. The van der Waals surface area contributed by atoms with Gasteiger partial charge in [0.15, 0.2) is 0 Å². The van der Waals surface area contributed by atoms with Crippen molar-refractivity contribution in [3.05, 3.63) is 71.5 Å². The summed E-state index contributed by atoms with van der Waals surface area (Å²) in [4.78, 5) is 23.4. The van der Waals surface area contributed by atoms with Gasteiger partial charge in [-0.3, -0.25) is 4.79 Å². The standard InChI is InChI=1S/C23H27N5O/c1-5-28(6-2)19-11-12-20(17(4)15-19)26-23-24-14-13-21(27-23)22(29)25-18-9-7-16(3)8-10-18/h7-15H,5-6H2,1-4H3,(H,25,29)(H,24,26,27). The normalized spacial score (nSPS) is 10.5. The zero-order chi connectivity index (χ0) is 20.8. The summed E-state index contributed by atoms with van der Waals surface area (Å²) in [6, 6.07) is 15.5. The Morgan fingerprint density at radius 2 is 1.72 bits per heavy atom. The molecule has 0 aliphatic rings. The molecule has 1 amide bonds. The molecule has 0 unspecified atom stereocenters. The van der Waals surface area contributed by atoms with Gasteiger partial charge >= 0.3 is 0 Å². The highest BCUT2D eigenvalue weighted by Gasteiger charge is 2.11.